The normalized spacial score (nSPS) is 20.2. The molecule has 1 heterocycles. The number of nitrogens with zero attached hydrogens (tertiary/aromatic N) is 4. The summed E-state index contributed by atoms with van der Waals surface area (Å²) in [6.45, 7) is 8.42. The molecule has 0 N–H and O–H groups in total. The van der Waals surface area contributed by atoms with E-state index < -0.39 is 5.50 Å². The Morgan fingerprint density at radius 3 is 2.35 bits per heavy atom. The maximum atomic E-state index is 8.50. The summed E-state index contributed by atoms with van der Waals surface area (Å²) in [6, 6.07) is 0.258. The van der Waals surface area contributed by atoms with E-state index in [0.717, 1.165) is 24.2 Å². The van der Waals surface area contributed by atoms with E-state index in [1.54, 1.807) is 0 Å². The van der Waals surface area contributed by atoms with Gasteiger partial charge in [-0.25, -0.2) is 0 Å². The number of allylic oxidation sites excluding steroid dienone is 1. The molecule has 1 aliphatic rings. The van der Waals surface area contributed by atoms with Gasteiger partial charge in [0.2, 0.25) is 0 Å². The predicted octanol–water partition coefficient (Wildman–Crippen LogP) is 4.07. The highest BCUT2D eigenvalue weighted by molar-refractivity contribution is 6.22. The van der Waals surface area contributed by atoms with Crippen LogP contribution in [0.15, 0.2) is 16.3 Å². The average Bonchev–Trinajstić information content (AvgIpc) is 2.30. The largest absolute Gasteiger partial charge is 0.297 e. The van der Waals surface area contributed by atoms with Crippen molar-refractivity contribution < 1.29 is 0 Å². The number of hydrogen-bond donors (Lipinski definition) is 0. The van der Waals surface area contributed by atoms with Crippen molar-refractivity contribution in [1.82, 2.24) is 4.90 Å². The van der Waals surface area contributed by atoms with Crippen molar-refractivity contribution in [1.29, 1.82) is 0 Å². The Bertz CT molecular complexity index is 323. The molecule has 2 atom stereocenters. The fourth-order valence-electron chi connectivity index (χ4n) is 2.46. The van der Waals surface area contributed by atoms with Gasteiger partial charge < -0.3 is 0 Å². The fraction of sp³-hybridized carbons (Fsp3) is 0.833. The van der Waals surface area contributed by atoms with Crippen LogP contribution in [0.2, 0.25) is 0 Å². The van der Waals surface area contributed by atoms with E-state index in [2.05, 4.69) is 21.8 Å². The molecule has 96 valence electrons. The lowest BCUT2D eigenvalue weighted by atomic mass is 9.99. The molecule has 1 saturated heterocycles. The van der Waals surface area contributed by atoms with Gasteiger partial charge in [0.15, 0.2) is 0 Å². The van der Waals surface area contributed by atoms with Crippen LogP contribution in [0.25, 0.3) is 10.4 Å². The third-order valence-corrected chi connectivity index (χ3v) is 3.70. The maximum absolute atomic E-state index is 8.50. The summed E-state index contributed by atoms with van der Waals surface area (Å²) >= 11 is 6.15. The van der Waals surface area contributed by atoms with Crippen LogP contribution in [0.3, 0.4) is 0 Å². The quantitative estimate of drug-likeness (QED) is 0.187. The standard InChI is InChI=1S/C12H21ClN4/c1-9(2)11(12(13)15-16-14)10(3)17-7-5-4-6-8-17/h10,12H,4-8H2,1-3H3. The Kier molecular flexibility index (Phi) is 5.83. The van der Waals surface area contributed by atoms with Crippen molar-refractivity contribution in [3.8, 4) is 0 Å². The Morgan fingerprint density at radius 1 is 1.29 bits per heavy atom. The number of rotatable bonds is 4. The van der Waals surface area contributed by atoms with Crippen LogP contribution >= 0.6 is 11.6 Å². The molecule has 0 saturated carbocycles. The van der Waals surface area contributed by atoms with E-state index in [0.29, 0.717) is 0 Å². The Balaban J connectivity index is 2.83. The smallest absolute Gasteiger partial charge is 0.135 e. The van der Waals surface area contributed by atoms with Gasteiger partial charge in [0, 0.05) is 11.0 Å². The highest BCUT2D eigenvalue weighted by Gasteiger charge is 2.24. The molecule has 0 bridgehead atoms. The number of halogens is 1. The van der Waals surface area contributed by atoms with Crippen molar-refractivity contribution in [3.63, 3.8) is 0 Å². The average molecular weight is 257 g/mol. The lowest BCUT2D eigenvalue weighted by Gasteiger charge is -2.35. The summed E-state index contributed by atoms with van der Waals surface area (Å²) in [5.74, 6) is 0. The second-order valence-electron chi connectivity index (χ2n) is 4.77. The molecule has 17 heavy (non-hydrogen) atoms. The highest BCUT2D eigenvalue weighted by atomic mass is 35.5. The van der Waals surface area contributed by atoms with Crippen molar-refractivity contribution in [2.24, 2.45) is 5.11 Å². The molecule has 1 aliphatic heterocycles. The summed E-state index contributed by atoms with van der Waals surface area (Å²) in [5, 5.41) is 3.62. The molecule has 0 aromatic rings. The van der Waals surface area contributed by atoms with E-state index in [1.165, 1.54) is 19.3 Å². The second-order valence-corrected chi connectivity index (χ2v) is 5.18. The fourth-order valence-corrected chi connectivity index (χ4v) is 2.90. The number of piperidine rings is 1. The van der Waals surface area contributed by atoms with Gasteiger partial charge in [0.25, 0.3) is 0 Å². The highest BCUT2D eigenvalue weighted by Crippen LogP contribution is 2.25. The molecule has 0 aromatic heterocycles. The van der Waals surface area contributed by atoms with Gasteiger partial charge in [-0.15, -0.1) is 11.6 Å². The molecule has 0 spiro atoms. The molecule has 1 fully saturated rings. The summed E-state index contributed by atoms with van der Waals surface area (Å²) in [6.07, 6.45) is 3.80. The maximum Gasteiger partial charge on any atom is 0.135 e. The Morgan fingerprint density at radius 2 is 1.88 bits per heavy atom. The Labute approximate surface area is 108 Å². The molecule has 0 amide bonds. The molecular weight excluding hydrogens is 236 g/mol. The number of azide groups is 1. The predicted molar refractivity (Wildman–Crippen MR) is 72.0 cm³/mol. The van der Waals surface area contributed by atoms with Gasteiger partial charge in [0.05, 0.1) is 0 Å². The molecule has 0 aliphatic carbocycles. The van der Waals surface area contributed by atoms with Gasteiger partial charge in [-0.2, -0.15) is 0 Å². The lowest BCUT2D eigenvalue weighted by Crippen LogP contribution is -2.40. The van der Waals surface area contributed by atoms with E-state index >= 15 is 0 Å². The van der Waals surface area contributed by atoms with Gasteiger partial charge in [-0.1, -0.05) is 17.1 Å². The Hall–Kier alpha value is -0.700. The molecule has 1 rings (SSSR count). The minimum Gasteiger partial charge on any atom is -0.297 e. The van der Waals surface area contributed by atoms with Crippen molar-refractivity contribution in [3.05, 3.63) is 21.6 Å². The third kappa shape index (κ3) is 3.91. The van der Waals surface area contributed by atoms with Crippen LogP contribution in [0, 0.1) is 0 Å². The lowest BCUT2D eigenvalue weighted by molar-refractivity contribution is 0.191. The molecule has 4 nitrogen and oxygen atoms in total. The monoisotopic (exact) mass is 256 g/mol. The van der Waals surface area contributed by atoms with Crippen molar-refractivity contribution >= 4 is 11.6 Å². The first-order chi connectivity index (χ1) is 8.07. The minimum absolute atomic E-state index is 0.258. The summed E-state index contributed by atoms with van der Waals surface area (Å²) < 4.78 is 0. The van der Waals surface area contributed by atoms with Crippen molar-refractivity contribution in [2.75, 3.05) is 13.1 Å². The number of alkyl halides is 1. The topological polar surface area (TPSA) is 52.0 Å². The first kappa shape index (κ1) is 14.4. The molecule has 5 heteroatoms. The summed E-state index contributed by atoms with van der Waals surface area (Å²) in [7, 11) is 0. The molecular formula is C12H21ClN4. The number of hydrogen-bond acceptors (Lipinski definition) is 2. The first-order valence-corrected chi connectivity index (χ1v) is 6.61. The zero-order chi connectivity index (χ0) is 12.8. The van der Waals surface area contributed by atoms with Crippen LogP contribution < -0.4 is 0 Å². The summed E-state index contributed by atoms with van der Waals surface area (Å²) in [5.41, 5.74) is 10.1. The molecule has 0 radical (unpaired) electrons. The zero-order valence-corrected chi connectivity index (χ0v) is 11.6. The van der Waals surface area contributed by atoms with Crippen molar-refractivity contribution in [2.45, 2.75) is 51.6 Å². The molecule has 0 aromatic carbocycles. The van der Waals surface area contributed by atoms with Gasteiger partial charge in [-0.05, 0) is 57.8 Å². The van der Waals surface area contributed by atoms with E-state index in [9.17, 15) is 0 Å². The summed E-state index contributed by atoms with van der Waals surface area (Å²) in [4.78, 5) is 5.23. The second kappa shape index (κ2) is 6.90. The van der Waals surface area contributed by atoms with Crippen LogP contribution in [0.5, 0.6) is 0 Å². The zero-order valence-electron chi connectivity index (χ0n) is 10.9. The van der Waals surface area contributed by atoms with E-state index in [-0.39, 0.29) is 6.04 Å². The van der Waals surface area contributed by atoms with Gasteiger partial charge in [-0.3, -0.25) is 4.90 Å². The van der Waals surface area contributed by atoms with E-state index in [4.69, 9.17) is 17.1 Å². The van der Waals surface area contributed by atoms with Crippen LogP contribution in [0.4, 0.5) is 0 Å². The van der Waals surface area contributed by atoms with Crippen LogP contribution in [-0.4, -0.2) is 29.5 Å². The van der Waals surface area contributed by atoms with Gasteiger partial charge in [0.1, 0.15) is 5.50 Å². The minimum atomic E-state index is -0.568. The first-order valence-electron chi connectivity index (χ1n) is 6.17. The SMILES string of the molecule is CC(C)=C(C(Cl)N=[N+]=[N-])C(C)N1CCCCC1. The number of likely N-dealkylation sites (tertiary alicyclic amines) is 1. The van der Waals surface area contributed by atoms with E-state index in [1.807, 2.05) is 13.8 Å². The van der Waals surface area contributed by atoms with Crippen LogP contribution in [-0.2, 0) is 0 Å². The third-order valence-electron chi connectivity index (χ3n) is 3.38. The molecule has 2 unspecified atom stereocenters. The van der Waals surface area contributed by atoms with Gasteiger partial charge >= 0.3 is 0 Å². The van der Waals surface area contributed by atoms with Crippen LogP contribution in [0.1, 0.15) is 40.0 Å².